The Hall–Kier alpha value is -2.55. The second-order valence-corrected chi connectivity index (χ2v) is 10.0. The van der Waals surface area contributed by atoms with Gasteiger partial charge in [0.2, 0.25) is 11.8 Å². The summed E-state index contributed by atoms with van der Waals surface area (Å²) in [5, 5.41) is 14.5. The molecule has 1 saturated carbocycles. The minimum Gasteiger partial charge on any atom is -0.508 e. The highest BCUT2D eigenvalue weighted by Gasteiger charge is 2.45. The van der Waals surface area contributed by atoms with Gasteiger partial charge in [0.25, 0.3) is 0 Å². The van der Waals surface area contributed by atoms with E-state index < -0.39 is 28.7 Å². The first kappa shape index (κ1) is 26.7. The average Bonchev–Trinajstić information content (AvgIpc) is 3.22. The summed E-state index contributed by atoms with van der Waals surface area (Å²) in [6.07, 6.45) is 2.62. The van der Waals surface area contributed by atoms with Crippen LogP contribution in [0.15, 0.2) is 24.3 Å². The monoisotopic (exact) mass is 478 g/mol. The van der Waals surface area contributed by atoms with E-state index in [-0.39, 0.29) is 35.7 Å². The number of thioether (sulfide) groups is 1. The van der Waals surface area contributed by atoms with Gasteiger partial charge in [-0.2, -0.15) is 0 Å². The standard InChI is InChI=1S/C24H34N2O6S/c1-5-32-22(30)19(14-17-8-10-18(28)11-9-17)25-23(31)24(12-6-7-13-24)26-21(29)20(15(2)3)33-16(4)27/h8-11,15,19-20,28H,5-7,12-14H2,1-4H3,(H,25,31)(H,26,29)/t19-,20?/m0/s1. The maximum absolute atomic E-state index is 13.4. The Balaban J connectivity index is 2.22. The van der Waals surface area contributed by atoms with Crippen molar-refractivity contribution in [1.29, 1.82) is 0 Å². The fourth-order valence-electron chi connectivity index (χ4n) is 3.97. The molecule has 33 heavy (non-hydrogen) atoms. The fraction of sp³-hybridized carbons (Fsp3) is 0.583. The van der Waals surface area contributed by atoms with E-state index >= 15 is 0 Å². The van der Waals surface area contributed by atoms with Crippen molar-refractivity contribution in [3.63, 3.8) is 0 Å². The number of esters is 1. The van der Waals surface area contributed by atoms with Crippen LogP contribution in [-0.2, 0) is 30.3 Å². The number of phenols is 1. The Labute approximate surface area is 199 Å². The lowest BCUT2D eigenvalue weighted by Gasteiger charge is -2.33. The van der Waals surface area contributed by atoms with Crippen molar-refractivity contribution >= 4 is 34.7 Å². The molecular formula is C24H34N2O6S. The highest BCUT2D eigenvalue weighted by molar-refractivity contribution is 8.14. The Morgan fingerprint density at radius 2 is 1.73 bits per heavy atom. The predicted molar refractivity (Wildman–Crippen MR) is 127 cm³/mol. The number of carbonyl (C=O) groups is 4. The van der Waals surface area contributed by atoms with Crippen molar-refractivity contribution in [3.8, 4) is 5.75 Å². The molecule has 0 radical (unpaired) electrons. The smallest absolute Gasteiger partial charge is 0.328 e. The number of hydrogen-bond acceptors (Lipinski definition) is 7. The van der Waals surface area contributed by atoms with Gasteiger partial charge in [-0.25, -0.2) is 4.79 Å². The molecule has 0 aromatic heterocycles. The van der Waals surface area contributed by atoms with E-state index in [0.29, 0.717) is 12.8 Å². The van der Waals surface area contributed by atoms with Crippen molar-refractivity contribution in [2.75, 3.05) is 6.61 Å². The molecule has 1 aliphatic carbocycles. The lowest BCUT2D eigenvalue weighted by Crippen LogP contribution is -2.61. The van der Waals surface area contributed by atoms with Crippen LogP contribution in [0.2, 0.25) is 0 Å². The molecule has 9 heteroatoms. The molecule has 1 aliphatic rings. The average molecular weight is 479 g/mol. The van der Waals surface area contributed by atoms with E-state index in [1.54, 1.807) is 19.1 Å². The number of benzene rings is 1. The second-order valence-electron chi connectivity index (χ2n) is 8.70. The van der Waals surface area contributed by atoms with Gasteiger partial charge in [0.15, 0.2) is 5.12 Å². The Kier molecular flexibility index (Phi) is 9.76. The highest BCUT2D eigenvalue weighted by atomic mass is 32.2. The summed E-state index contributed by atoms with van der Waals surface area (Å²) in [5.41, 5.74) is -0.394. The van der Waals surface area contributed by atoms with E-state index in [1.807, 2.05) is 13.8 Å². The first-order chi connectivity index (χ1) is 15.6. The molecule has 0 aliphatic heterocycles. The van der Waals surface area contributed by atoms with E-state index in [2.05, 4.69) is 10.6 Å². The number of aromatic hydroxyl groups is 1. The zero-order valence-corrected chi connectivity index (χ0v) is 20.5. The number of hydrogen-bond donors (Lipinski definition) is 3. The largest absolute Gasteiger partial charge is 0.508 e. The molecule has 0 spiro atoms. The minimum atomic E-state index is -1.14. The maximum atomic E-state index is 13.4. The summed E-state index contributed by atoms with van der Waals surface area (Å²) in [7, 11) is 0. The number of ether oxygens (including phenoxy) is 1. The Bertz CT molecular complexity index is 849. The summed E-state index contributed by atoms with van der Waals surface area (Å²) >= 11 is 0.961. The van der Waals surface area contributed by atoms with Crippen LogP contribution in [0, 0.1) is 5.92 Å². The van der Waals surface area contributed by atoms with Gasteiger partial charge in [0.1, 0.15) is 17.3 Å². The fourth-order valence-corrected chi connectivity index (χ4v) is 4.76. The number of nitrogens with one attached hydrogen (secondary N) is 2. The van der Waals surface area contributed by atoms with Crippen molar-refractivity contribution in [2.45, 2.75) is 76.6 Å². The third-order valence-corrected chi connectivity index (χ3v) is 7.01. The Morgan fingerprint density at radius 3 is 2.24 bits per heavy atom. The van der Waals surface area contributed by atoms with Gasteiger partial charge in [-0.15, -0.1) is 0 Å². The number of carbonyl (C=O) groups excluding carboxylic acids is 4. The summed E-state index contributed by atoms with van der Waals surface area (Å²) in [6.45, 7) is 6.99. The molecule has 2 atom stereocenters. The van der Waals surface area contributed by atoms with Crippen LogP contribution < -0.4 is 10.6 Å². The molecular weight excluding hydrogens is 444 g/mol. The molecule has 0 saturated heterocycles. The molecule has 1 fully saturated rings. The van der Waals surface area contributed by atoms with E-state index in [0.717, 1.165) is 30.2 Å². The zero-order chi connectivity index (χ0) is 24.6. The quantitative estimate of drug-likeness (QED) is 0.442. The molecule has 1 aromatic carbocycles. The lowest BCUT2D eigenvalue weighted by atomic mass is 9.94. The summed E-state index contributed by atoms with van der Waals surface area (Å²) in [5.74, 6) is -1.34. The molecule has 2 amide bonds. The maximum Gasteiger partial charge on any atom is 0.328 e. The van der Waals surface area contributed by atoms with Gasteiger partial charge in [-0.3, -0.25) is 14.4 Å². The highest BCUT2D eigenvalue weighted by Crippen LogP contribution is 2.32. The van der Waals surface area contributed by atoms with Gasteiger partial charge < -0.3 is 20.5 Å². The van der Waals surface area contributed by atoms with E-state index in [1.165, 1.54) is 19.1 Å². The first-order valence-corrected chi connectivity index (χ1v) is 12.2. The number of rotatable bonds is 10. The van der Waals surface area contributed by atoms with Crippen LogP contribution in [0.4, 0.5) is 0 Å². The first-order valence-electron chi connectivity index (χ1n) is 11.3. The molecule has 0 bridgehead atoms. The van der Waals surface area contributed by atoms with Crippen LogP contribution in [0.25, 0.3) is 0 Å². The van der Waals surface area contributed by atoms with Crippen LogP contribution in [0.5, 0.6) is 5.75 Å². The summed E-state index contributed by atoms with van der Waals surface area (Å²) in [4.78, 5) is 50.7. The third-order valence-electron chi connectivity index (χ3n) is 5.66. The molecule has 2 rings (SSSR count). The zero-order valence-electron chi connectivity index (χ0n) is 19.7. The van der Waals surface area contributed by atoms with Gasteiger partial charge in [0.05, 0.1) is 11.9 Å². The molecule has 1 aromatic rings. The van der Waals surface area contributed by atoms with Crippen LogP contribution in [0.1, 0.15) is 58.9 Å². The number of amides is 2. The van der Waals surface area contributed by atoms with Crippen LogP contribution >= 0.6 is 11.8 Å². The lowest BCUT2D eigenvalue weighted by molar-refractivity contribution is -0.148. The van der Waals surface area contributed by atoms with Gasteiger partial charge >= 0.3 is 5.97 Å². The molecule has 1 unspecified atom stereocenters. The number of phenolic OH excluding ortho intramolecular Hbond substituents is 1. The predicted octanol–water partition coefficient (Wildman–Crippen LogP) is 2.72. The van der Waals surface area contributed by atoms with Crippen molar-refractivity contribution in [3.05, 3.63) is 29.8 Å². The van der Waals surface area contributed by atoms with Gasteiger partial charge in [-0.05, 0) is 43.4 Å². The molecule has 8 nitrogen and oxygen atoms in total. The molecule has 0 heterocycles. The minimum absolute atomic E-state index is 0.0952. The summed E-state index contributed by atoms with van der Waals surface area (Å²) in [6, 6.07) is 5.43. The molecule has 3 N–H and O–H groups in total. The topological polar surface area (TPSA) is 122 Å². The van der Waals surface area contributed by atoms with Gasteiger partial charge in [-0.1, -0.05) is 50.6 Å². The van der Waals surface area contributed by atoms with Crippen LogP contribution in [0.3, 0.4) is 0 Å². The van der Waals surface area contributed by atoms with E-state index in [4.69, 9.17) is 4.74 Å². The summed E-state index contributed by atoms with van der Waals surface area (Å²) < 4.78 is 5.16. The Morgan fingerprint density at radius 1 is 1.12 bits per heavy atom. The van der Waals surface area contributed by atoms with Crippen LogP contribution in [-0.4, -0.2) is 51.4 Å². The second kappa shape index (κ2) is 12.1. The SMILES string of the molecule is CCOC(=O)[C@H](Cc1ccc(O)cc1)NC(=O)C1(NC(=O)C(SC(C)=O)C(C)C)CCCC1. The third kappa shape index (κ3) is 7.48. The van der Waals surface area contributed by atoms with Gasteiger partial charge in [0, 0.05) is 13.3 Å². The van der Waals surface area contributed by atoms with Crippen molar-refractivity contribution in [2.24, 2.45) is 5.92 Å². The van der Waals surface area contributed by atoms with Crippen molar-refractivity contribution in [1.82, 2.24) is 10.6 Å². The van der Waals surface area contributed by atoms with Crippen molar-refractivity contribution < 1.29 is 29.0 Å². The normalized spacial score (nSPS) is 16.6. The molecule has 182 valence electrons. The van der Waals surface area contributed by atoms with E-state index in [9.17, 15) is 24.3 Å².